The van der Waals surface area contributed by atoms with E-state index in [1.807, 2.05) is 51.1 Å². The molecule has 0 atom stereocenters. The van der Waals surface area contributed by atoms with E-state index < -0.39 is 0 Å². The molecule has 0 spiro atoms. The summed E-state index contributed by atoms with van der Waals surface area (Å²) < 4.78 is 1.73. The fraction of sp³-hybridized carbons (Fsp3) is 0.238. The fourth-order valence-electron chi connectivity index (χ4n) is 2.64. The number of benzene rings is 2. The molecule has 29 heavy (non-hydrogen) atoms. The molecule has 0 saturated carbocycles. The summed E-state index contributed by atoms with van der Waals surface area (Å²) in [6.45, 7) is 5.98. The summed E-state index contributed by atoms with van der Waals surface area (Å²) in [5, 5.41) is 12.1. The summed E-state index contributed by atoms with van der Waals surface area (Å²) in [5.41, 5.74) is 7.00. The maximum atomic E-state index is 12.5. The van der Waals surface area contributed by atoms with Crippen LogP contribution in [0.4, 0.5) is 0 Å². The van der Waals surface area contributed by atoms with Crippen molar-refractivity contribution in [3.8, 4) is 0 Å². The highest BCUT2D eigenvalue weighted by Crippen LogP contribution is 2.21. The van der Waals surface area contributed by atoms with Crippen LogP contribution in [0.5, 0.6) is 0 Å². The molecule has 6 nitrogen and oxygen atoms in total. The maximum Gasteiger partial charge on any atom is 0.257 e. The lowest BCUT2D eigenvalue weighted by atomic mass is 10.1. The number of aryl methyl sites for hydroxylation is 3. The van der Waals surface area contributed by atoms with E-state index in [4.69, 9.17) is 12.2 Å². The number of hydrogen-bond acceptors (Lipinski definition) is 5. The van der Waals surface area contributed by atoms with Gasteiger partial charge in [0, 0.05) is 17.7 Å². The molecule has 2 N–H and O–H groups in total. The Balaban J connectivity index is 1.68. The number of amides is 1. The van der Waals surface area contributed by atoms with Crippen molar-refractivity contribution < 1.29 is 4.79 Å². The zero-order valence-corrected chi connectivity index (χ0v) is 18.2. The molecule has 1 heterocycles. The zero-order valence-electron chi connectivity index (χ0n) is 16.6. The molecule has 8 heteroatoms. The molecule has 0 aliphatic heterocycles. The van der Waals surface area contributed by atoms with Crippen LogP contribution in [0.2, 0.25) is 0 Å². The largest absolute Gasteiger partial charge is 0.298 e. The molecule has 3 aromatic rings. The van der Waals surface area contributed by atoms with E-state index in [1.54, 1.807) is 22.5 Å². The molecule has 0 fully saturated rings. The van der Waals surface area contributed by atoms with Gasteiger partial charge in [-0.2, -0.15) is 0 Å². The van der Waals surface area contributed by atoms with Crippen LogP contribution in [0.25, 0.3) is 0 Å². The highest BCUT2D eigenvalue weighted by molar-refractivity contribution is 7.98. The van der Waals surface area contributed by atoms with Crippen molar-refractivity contribution >= 4 is 35.0 Å². The van der Waals surface area contributed by atoms with Crippen molar-refractivity contribution in [1.82, 2.24) is 20.2 Å². The summed E-state index contributed by atoms with van der Waals surface area (Å²) in [6.07, 6.45) is 0.680. The minimum atomic E-state index is -0.254. The van der Waals surface area contributed by atoms with Gasteiger partial charge in [-0.3, -0.25) is 15.5 Å². The molecule has 0 saturated heterocycles. The number of thioether (sulfide) groups is 1. The third-order valence-electron chi connectivity index (χ3n) is 4.44. The quantitative estimate of drug-likeness (QED) is 0.459. The fourth-order valence-corrected chi connectivity index (χ4v) is 3.70. The number of carbonyl (C=O) groups excluding carboxylic acids is 1. The monoisotopic (exact) mass is 425 g/mol. The predicted octanol–water partition coefficient (Wildman–Crippen LogP) is 4.01. The van der Waals surface area contributed by atoms with Crippen molar-refractivity contribution in [1.29, 1.82) is 0 Å². The van der Waals surface area contributed by atoms with Gasteiger partial charge in [0.05, 0.1) is 0 Å². The molecule has 0 aliphatic carbocycles. The lowest BCUT2D eigenvalue weighted by molar-refractivity contribution is 0.0977. The first kappa shape index (κ1) is 21.0. The van der Waals surface area contributed by atoms with Gasteiger partial charge in [0.1, 0.15) is 0 Å². The first-order valence-electron chi connectivity index (χ1n) is 9.28. The van der Waals surface area contributed by atoms with Gasteiger partial charge in [-0.15, -0.1) is 10.2 Å². The molecular weight excluding hydrogens is 402 g/mol. The minimum absolute atomic E-state index is 0.198. The van der Waals surface area contributed by atoms with Crippen LogP contribution in [0.15, 0.2) is 53.7 Å². The van der Waals surface area contributed by atoms with Crippen LogP contribution < -0.4 is 10.7 Å². The second-order valence-corrected chi connectivity index (χ2v) is 7.91. The molecule has 2 aromatic carbocycles. The molecule has 1 amide bonds. The smallest absolute Gasteiger partial charge is 0.257 e. The molecular formula is C21H23N5OS2. The van der Waals surface area contributed by atoms with Crippen LogP contribution in [0.3, 0.4) is 0 Å². The van der Waals surface area contributed by atoms with Crippen molar-refractivity contribution in [2.45, 2.75) is 38.1 Å². The summed E-state index contributed by atoms with van der Waals surface area (Å²) in [7, 11) is 0. The Labute approximate surface area is 180 Å². The van der Waals surface area contributed by atoms with Gasteiger partial charge in [-0.1, -0.05) is 55.1 Å². The zero-order chi connectivity index (χ0) is 20.8. The van der Waals surface area contributed by atoms with Gasteiger partial charge in [0.15, 0.2) is 10.9 Å². The average molecular weight is 426 g/mol. The standard InChI is InChI=1S/C21H23N5OS2/c1-4-18-23-24-21(29-13-16-8-6-5-7-9-16)26(18)25-20(28)22-19(27)17-11-10-14(2)15(3)12-17/h5-12H,4,13H2,1-3H3,(H2,22,25,27,28). The normalized spacial score (nSPS) is 10.6. The van der Waals surface area contributed by atoms with Crippen LogP contribution in [0.1, 0.15) is 39.8 Å². The van der Waals surface area contributed by atoms with E-state index in [-0.39, 0.29) is 11.0 Å². The summed E-state index contributed by atoms with van der Waals surface area (Å²) in [6, 6.07) is 15.7. The number of hydrogen-bond donors (Lipinski definition) is 2. The van der Waals surface area contributed by atoms with Crippen LogP contribution in [-0.4, -0.2) is 25.9 Å². The predicted molar refractivity (Wildman–Crippen MR) is 121 cm³/mol. The van der Waals surface area contributed by atoms with Crippen LogP contribution >= 0.6 is 24.0 Å². The summed E-state index contributed by atoms with van der Waals surface area (Å²) in [5.74, 6) is 1.24. The number of carbonyl (C=O) groups is 1. The van der Waals surface area contributed by atoms with E-state index in [1.165, 1.54) is 5.56 Å². The maximum absolute atomic E-state index is 12.5. The number of aromatic nitrogens is 3. The third kappa shape index (κ3) is 5.42. The third-order valence-corrected chi connectivity index (χ3v) is 5.63. The highest BCUT2D eigenvalue weighted by Gasteiger charge is 2.15. The second-order valence-electron chi connectivity index (χ2n) is 6.56. The first-order valence-corrected chi connectivity index (χ1v) is 10.7. The minimum Gasteiger partial charge on any atom is -0.298 e. The molecule has 1 aromatic heterocycles. The van der Waals surface area contributed by atoms with Crippen molar-refractivity contribution in [2.24, 2.45) is 0 Å². The van der Waals surface area contributed by atoms with Gasteiger partial charge >= 0.3 is 0 Å². The van der Waals surface area contributed by atoms with E-state index in [9.17, 15) is 4.79 Å². The summed E-state index contributed by atoms with van der Waals surface area (Å²) >= 11 is 6.90. The molecule has 0 radical (unpaired) electrons. The Morgan fingerprint density at radius 2 is 1.86 bits per heavy atom. The number of nitrogens with zero attached hydrogens (tertiary/aromatic N) is 3. The first-order chi connectivity index (χ1) is 14.0. The van der Waals surface area contributed by atoms with Crippen molar-refractivity contribution in [3.63, 3.8) is 0 Å². The number of rotatable bonds is 6. The summed E-state index contributed by atoms with van der Waals surface area (Å²) in [4.78, 5) is 12.5. The van der Waals surface area contributed by atoms with Crippen molar-refractivity contribution in [3.05, 3.63) is 76.6 Å². The Bertz CT molecular complexity index is 1020. The van der Waals surface area contributed by atoms with Crippen molar-refractivity contribution in [2.75, 3.05) is 5.43 Å². The lowest BCUT2D eigenvalue weighted by Crippen LogP contribution is -2.38. The Kier molecular flexibility index (Phi) is 7.00. The number of thiocarbonyl (C=S) groups is 1. The van der Waals surface area contributed by atoms with E-state index in [2.05, 4.69) is 33.1 Å². The Morgan fingerprint density at radius 1 is 1.10 bits per heavy atom. The van der Waals surface area contributed by atoms with Gasteiger partial charge in [0.25, 0.3) is 5.91 Å². The molecule has 0 unspecified atom stereocenters. The van der Waals surface area contributed by atoms with E-state index in [0.29, 0.717) is 17.1 Å². The van der Waals surface area contributed by atoms with Gasteiger partial charge in [-0.25, -0.2) is 4.68 Å². The number of nitrogens with one attached hydrogen (secondary N) is 2. The highest BCUT2D eigenvalue weighted by atomic mass is 32.2. The van der Waals surface area contributed by atoms with Gasteiger partial charge in [0.2, 0.25) is 5.16 Å². The van der Waals surface area contributed by atoms with E-state index in [0.717, 1.165) is 22.7 Å². The topological polar surface area (TPSA) is 71.8 Å². The average Bonchev–Trinajstić information content (AvgIpc) is 3.10. The Hall–Kier alpha value is -2.71. The van der Waals surface area contributed by atoms with Crippen LogP contribution in [0, 0.1) is 13.8 Å². The van der Waals surface area contributed by atoms with Gasteiger partial charge in [-0.05, 0) is 54.9 Å². The molecule has 0 aliphatic rings. The molecule has 0 bridgehead atoms. The Morgan fingerprint density at radius 3 is 2.55 bits per heavy atom. The SMILES string of the molecule is CCc1nnc(SCc2ccccc2)n1NC(=S)NC(=O)c1ccc(C)c(C)c1. The van der Waals surface area contributed by atoms with Gasteiger partial charge < -0.3 is 0 Å². The van der Waals surface area contributed by atoms with E-state index >= 15 is 0 Å². The lowest BCUT2D eigenvalue weighted by Gasteiger charge is -2.14. The van der Waals surface area contributed by atoms with Crippen LogP contribution in [-0.2, 0) is 12.2 Å². The second kappa shape index (κ2) is 9.67. The molecule has 3 rings (SSSR count). The molecule has 150 valence electrons.